The summed E-state index contributed by atoms with van der Waals surface area (Å²) in [4.78, 5) is 9.87. The van der Waals surface area contributed by atoms with E-state index in [-0.39, 0.29) is 0 Å². The molecule has 0 spiro atoms. The molecule has 3 heteroatoms. The molecule has 0 aromatic rings. The highest BCUT2D eigenvalue weighted by Crippen LogP contribution is 1.97. The number of rotatable bonds is 7. The highest BCUT2D eigenvalue weighted by Gasteiger charge is 1.92. The van der Waals surface area contributed by atoms with Gasteiger partial charge in [0.05, 0.1) is 0 Å². The Morgan fingerprint density at radius 1 is 1.21 bits per heavy atom. The number of unbranched alkanes of at least 4 members (excludes halogenated alkanes) is 2. The van der Waals surface area contributed by atoms with Gasteiger partial charge in [0.1, 0.15) is 0 Å². The Hall–Kier alpha value is -0.830. The lowest BCUT2D eigenvalue weighted by atomic mass is 10.1. The molecule has 0 bridgehead atoms. The minimum Gasteiger partial charge on any atom is -0.481 e. The average molecular weight is 274 g/mol. The molecule has 19 heavy (non-hydrogen) atoms. The van der Waals surface area contributed by atoms with E-state index in [2.05, 4.69) is 27.4 Å². The molecule has 0 aliphatic rings. The van der Waals surface area contributed by atoms with Crippen LogP contribution in [-0.2, 0) is 4.79 Å². The summed E-state index contributed by atoms with van der Waals surface area (Å²) in [5.74, 6) is -0.191. The maximum absolute atomic E-state index is 9.87. The molecule has 0 aliphatic carbocycles. The number of carbonyl (C=O) groups is 1. The molecule has 0 radical (unpaired) electrons. The van der Waals surface area contributed by atoms with Crippen molar-refractivity contribution in [3.8, 4) is 0 Å². The van der Waals surface area contributed by atoms with Gasteiger partial charge in [-0.2, -0.15) is 0 Å². The Kier molecular flexibility index (Phi) is 23.9. The average Bonchev–Trinajstić information content (AvgIpc) is 2.39. The van der Waals surface area contributed by atoms with E-state index in [1.807, 2.05) is 13.8 Å². The van der Waals surface area contributed by atoms with Crippen LogP contribution in [0, 0.1) is 5.92 Å². The summed E-state index contributed by atoms with van der Waals surface area (Å²) < 4.78 is 0. The van der Waals surface area contributed by atoms with Crippen molar-refractivity contribution < 1.29 is 15.0 Å². The molecule has 0 saturated heterocycles. The molecule has 0 amide bonds. The number of carboxylic acid groups (broad SMARTS) is 1. The summed E-state index contributed by atoms with van der Waals surface area (Å²) in [6.07, 6.45) is 5.47. The second-order valence-corrected chi connectivity index (χ2v) is 4.86. The molecule has 0 aromatic heterocycles. The van der Waals surface area contributed by atoms with E-state index >= 15 is 0 Å². The highest BCUT2D eigenvalue weighted by molar-refractivity contribution is 5.66. The van der Waals surface area contributed by atoms with Crippen LogP contribution in [0.4, 0.5) is 0 Å². The summed E-state index contributed by atoms with van der Waals surface area (Å²) in [7, 11) is 0. The lowest BCUT2D eigenvalue weighted by Crippen LogP contribution is -1.96. The summed E-state index contributed by atoms with van der Waals surface area (Å²) in [5.41, 5.74) is 1.25. The van der Waals surface area contributed by atoms with Gasteiger partial charge in [-0.05, 0) is 25.7 Å². The van der Waals surface area contributed by atoms with Crippen LogP contribution in [0.5, 0.6) is 0 Å². The monoisotopic (exact) mass is 274 g/mol. The van der Waals surface area contributed by atoms with Crippen LogP contribution in [-0.4, -0.2) is 22.8 Å². The van der Waals surface area contributed by atoms with E-state index in [1.54, 1.807) is 0 Å². The van der Waals surface area contributed by atoms with Gasteiger partial charge in [-0.25, -0.2) is 0 Å². The lowest BCUT2D eigenvalue weighted by Gasteiger charge is -1.98. The molecule has 0 aromatic carbocycles. The molecular weight excluding hydrogens is 240 g/mol. The Labute approximate surface area is 119 Å². The van der Waals surface area contributed by atoms with Crippen molar-refractivity contribution in [2.45, 2.75) is 73.1 Å². The number of hydrogen-bond donors (Lipinski definition) is 2. The fourth-order valence-electron chi connectivity index (χ4n) is 0.655. The number of hydrogen-bond acceptors (Lipinski definition) is 2. The minimum absolute atomic E-state index is 0.327. The van der Waals surface area contributed by atoms with Gasteiger partial charge in [-0.1, -0.05) is 52.5 Å². The number of allylic oxidation sites excluding steroid dienone is 1. The second kappa shape index (κ2) is 19.5. The fourth-order valence-corrected chi connectivity index (χ4v) is 0.655. The van der Waals surface area contributed by atoms with Crippen LogP contribution < -0.4 is 0 Å². The standard InChI is InChI=1S/C6H12O2.C5H12O.C5H10/c1-2-3-4-5-6(7)8;1-3-5(2)4-6;1-4-5(2)3/h2-5H2,1H3,(H,7,8);5-6H,3-4H2,1-2H3;2,4H2,1,3H3. The molecule has 1 unspecified atom stereocenters. The first-order chi connectivity index (χ1) is 8.85. The summed E-state index contributed by atoms with van der Waals surface area (Å²) >= 11 is 0. The lowest BCUT2D eigenvalue weighted by molar-refractivity contribution is -0.137. The maximum atomic E-state index is 9.87. The van der Waals surface area contributed by atoms with E-state index in [0.717, 1.165) is 32.1 Å². The van der Waals surface area contributed by atoms with Crippen molar-refractivity contribution in [3.05, 3.63) is 12.2 Å². The van der Waals surface area contributed by atoms with Gasteiger partial charge in [0.2, 0.25) is 0 Å². The van der Waals surface area contributed by atoms with Crippen LogP contribution in [0.25, 0.3) is 0 Å². The Morgan fingerprint density at radius 2 is 1.68 bits per heavy atom. The van der Waals surface area contributed by atoms with Gasteiger partial charge in [0, 0.05) is 13.0 Å². The van der Waals surface area contributed by atoms with E-state index in [4.69, 9.17) is 10.2 Å². The van der Waals surface area contributed by atoms with Crippen molar-refractivity contribution >= 4 is 5.97 Å². The number of aliphatic hydroxyl groups is 1. The van der Waals surface area contributed by atoms with Crippen LogP contribution >= 0.6 is 0 Å². The van der Waals surface area contributed by atoms with Crippen molar-refractivity contribution in [1.29, 1.82) is 0 Å². The number of carboxylic acids is 1. The largest absolute Gasteiger partial charge is 0.481 e. The first-order valence-electron chi connectivity index (χ1n) is 7.32. The van der Waals surface area contributed by atoms with Crippen LogP contribution in [0.1, 0.15) is 73.1 Å². The zero-order valence-electron chi connectivity index (χ0n) is 13.5. The topological polar surface area (TPSA) is 57.5 Å². The molecule has 1 atom stereocenters. The second-order valence-electron chi connectivity index (χ2n) is 4.86. The van der Waals surface area contributed by atoms with Gasteiger partial charge in [-0.15, -0.1) is 6.58 Å². The summed E-state index contributed by atoms with van der Waals surface area (Å²) in [5, 5.41) is 16.5. The highest BCUT2D eigenvalue weighted by atomic mass is 16.4. The predicted octanol–water partition coefficient (Wildman–Crippen LogP) is 4.65. The third kappa shape index (κ3) is 38.2. The Bertz CT molecular complexity index is 196. The molecule has 3 nitrogen and oxygen atoms in total. The van der Waals surface area contributed by atoms with Crippen LogP contribution in [0.15, 0.2) is 12.2 Å². The zero-order chi connectivity index (χ0) is 15.7. The molecular formula is C16H34O3. The van der Waals surface area contributed by atoms with E-state index in [0.29, 0.717) is 18.9 Å². The van der Waals surface area contributed by atoms with E-state index in [9.17, 15) is 4.79 Å². The molecule has 0 rings (SSSR count). The molecule has 2 N–H and O–H groups in total. The van der Waals surface area contributed by atoms with Gasteiger partial charge in [0.15, 0.2) is 0 Å². The molecule has 0 heterocycles. The van der Waals surface area contributed by atoms with Crippen LogP contribution in [0.3, 0.4) is 0 Å². The smallest absolute Gasteiger partial charge is 0.303 e. The van der Waals surface area contributed by atoms with Gasteiger partial charge < -0.3 is 10.2 Å². The first kappa shape index (κ1) is 23.3. The third-order valence-corrected chi connectivity index (χ3v) is 2.61. The zero-order valence-corrected chi connectivity index (χ0v) is 13.5. The number of aliphatic hydroxyl groups excluding tert-OH is 1. The van der Waals surface area contributed by atoms with Gasteiger partial charge >= 0.3 is 5.97 Å². The molecule has 0 fully saturated rings. The Balaban J connectivity index is -0.000000209. The summed E-state index contributed by atoms with van der Waals surface area (Å²) in [6, 6.07) is 0. The van der Waals surface area contributed by atoms with Crippen molar-refractivity contribution in [2.24, 2.45) is 5.92 Å². The van der Waals surface area contributed by atoms with Gasteiger partial charge in [-0.3, -0.25) is 4.79 Å². The molecule has 0 saturated carbocycles. The minimum atomic E-state index is -0.682. The van der Waals surface area contributed by atoms with Crippen molar-refractivity contribution in [3.63, 3.8) is 0 Å². The maximum Gasteiger partial charge on any atom is 0.303 e. The van der Waals surface area contributed by atoms with Crippen molar-refractivity contribution in [1.82, 2.24) is 0 Å². The quantitative estimate of drug-likeness (QED) is 0.525. The summed E-state index contributed by atoms with van der Waals surface area (Å²) in [6.45, 7) is 14.3. The third-order valence-electron chi connectivity index (χ3n) is 2.61. The predicted molar refractivity (Wildman–Crippen MR) is 83.4 cm³/mol. The number of aliphatic carboxylic acids is 1. The van der Waals surface area contributed by atoms with Crippen molar-refractivity contribution in [2.75, 3.05) is 6.61 Å². The van der Waals surface area contributed by atoms with Gasteiger partial charge in [0.25, 0.3) is 0 Å². The fraction of sp³-hybridized carbons (Fsp3) is 0.812. The van der Waals surface area contributed by atoms with E-state index < -0.39 is 5.97 Å². The molecule has 0 aliphatic heterocycles. The molecule has 116 valence electrons. The Morgan fingerprint density at radius 3 is 1.84 bits per heavy atom. The normalized spacial score (nSPS) is 10.4. The van der Waals surface area contributed by atoms with E-state index in [1.165, 1.54) is 5.57 Å². The SMILES string of the molecule is C=C(C)CC.CCC(C)CO.CCCCCC(=O)O. The van der Waals surface area contributed by atoms with Crippen LogP contribution in [0.2, 0.25) is 0 Å². The first-order valence-corrected chi connectivity index (χ1v) is 7.32.